The van der Waals surface area contributed by atoms with Crippen LogP contribution in [0.2, 0.25) is 0 Å². The number of methoxy groups -OCH3 is 1. The smallest absolute Gasteiger partial charge is 0.337 e. The summed E-state index contributed by atoms with van der Waals surface area (Å²) < 4.78 is 4.81. The highest BCUT2D eigenvalue weighted by atomic mass is 16.5. The van der Waals surface area contributed by atoms with Gasteiger partial charge in [-0.3, -0.25) is 14.5 Å². The van der Waals surface area contributed by atoms with Gasteiger partial charge in [0.25, 0.3) is 11.8 Å². The van der Waals surface area contributed by atoms with Gasteiger partial charge in [-0.2, -0.15) is 0 Å². The van der Waals surface area contributed by atoms with Gasteiger partial charge in [0.05, 0.1) is 37.2 Å². The van der Waals surface area contributed by atoms with Gasteiger partial charge < -0.3 is 20.1 Å². The Bertz CT molecular complexity index is 784. The summed E-state index contributed by atoms with van der Waals surface area (Å²) in [6.07, 6.45) is 4.48. The van der Waals surface area contributed by atoms with Crippen LogP contribution in [0.4, 0.5) is 11.4 Å². The van der Waals surface area contributed by atoms with E-state index in [1.807, 2.05) is 0 Å². The molecule has 1 aromatic carbocycles. The molecule has 2 aliphatic heterocycles. The summed E-state index contributed by atoms with van der Waals surface area (Å²) in [7, 11) is 1.33. The number of hydrogen-bond acceptors (Lipinski definition) is 7. The molecule has 0 aromatic heterocycles. The maximum Gasteiger partial charge on any atom is 0.337 e. The third-order valence-corrected chi connectivity index (χ3v) is 4.72. The van der Waals surface area contributed by atoms with Crippen LogP contribution < -0.4 is 10.2 Å². The second kappa shape index (κ2) is 8.22. The predicted octanol–water partition coefficient (Wildman–Crippen LogP) is 1.12. The second-order valence-electron chi connectivity index (χ2n) is 6.47. The van der Waals surface area contributed by atoms with Crippen molar-refractivity contribution in [1.29, 1.82) is 0 Å². The highest BCUT2D eigenvalue weighted by Crippen LogP contribution is 2.32. The largest absolute Gasteiger partial charge is 0.465 e. The minimum atomic E-state index is -0.476. The molecule has 0 aliphatic carbocycles. The molecule has 1 fully saturated rings. The van der Waals surface area contributed by atoms with Gasteiger partial charge in [-0.15, -0.1) is 0 Å². The molecular weight excluding hydrogens is 350 g/mol. The van der Waals surface area contributed by atoms with E-state index >= 15 is 0 Å². The number of β-amino-alcohol motifs (C(OH)–C–C–N with tert-alkyl or cyclic N) is 1. The quantitative estimate of drug-likeness (QED) is 0.569. The summed E-state index contributed by atoms with van der Waals surface area (Å²) in [6, 6.07) is 5.07. The number of nitrogens with zero attached hydrogens (tertiary/aromatic N) is 2. The van der Waals surface area contributed by atoms with Gasteiger partial charge in [-0.25, -0.2) is 4.79 Å². The number of piperidine rings is 1. The maximum absolute atomic E-state index is 12.4. The molecule has 27 heavy (non-hydrogen) atoms. The fourth-order valence-corrected chi connectivity index (χ4v) is 3.33. The minimum Gasteiger partial charge on any atom is -0.465 e. The van der Waals surface area contributed by atoms with E-state index in [1.54, 1.807) is 18.2 Å². The van der Waals surface area contributed by atoms with Crippen molar-refractivity contribution in [3.8, 4) is 0 Å². The van der Waals surface area contributed by atoms with Crippen molar-refractivity contribution in [3.63, 3.8) is 0 Å². The molecule has 8 nitrogen and oxygen atoms in total. The summed E-state index contributed by atoms with van der Waals surface area (Å²) in [5.41, 5.74) is 2.01. The number of ether oxygens (including phenoxy) is 1. The lowest BCUT2D eigenvalue weighted by Crippen LogP contribution is -2.34. The van der Waals surface area contributed by atoms with Gasteiger partial charge in [0.2, 0.25) is 0 Å². The molecule has 2 amide bonds. The number of benzene rings is 1. The van der Waals surface area contributed by atoms with Crippen LogP contribution in [0.1, 0.15) is 29.6 Å². The first-order valence-corrected chi connectivity index (χ1v) is 8.98. The summed E-state index contributed by atoms with van der Waals surface area (Å²) in [4.78, 5) is 39.4. The number of aliphatic hydroxyl groups is 1. The van der Waals surface area contributed by atoms with E-state index < -0.39 is 17.8 Å². The first-order valence-electron chi connectivity index (χ1n) is 8.98. The topological polar surface area (TPSA) is 99.2 Å². The van der Waals surface area contributed by atoms with Crippen LogP contribution in [0.15, 0.2) is 30.0 Å². The zero-order valence-corrected chi connectivity index (χ0v) is 15.2. The third-order valence-electron chi connectivity index (χ3n) is 4.72. The van der Waals surface area contributed by atoms with Crippen molar-refractivity contribution < 1.29 is 24.2 Å². The number of aliphatic hydroxyl groups excluding tert-OH is 1. The van der Waals surface area contributed by atoms with Gasteiger partial charge in [-0.1, -0.05) is 0 Å². The summed E-state index contributed by atoms with van der Waals surface area (Å²) in [5.74, 6) is -1.36. The molecule has 0 spiro atoms. The zero-order valence-electron chi connectivity index (χ0n) is 15.2. The third kappa shape index (κ3) is 3.95. The molecular formula is C19H23N3O5. The van der Waals surface area contributed by atoms with Crippen LogP contribution in [0.25, 0.3) is 0 Å². The first kappa shape index (κ1) is 18.9. The van der Waals surface area contributed by atoms with E-state index in [4.69, 9.17) is 9.84 Å². The standard InChI is InChI=1S/C19H23N3O5/c1-27-19(26)13-5-6-14(16(11-13)21-7-3-2-4-8-21)20-15-12-17(24)22(9-10-23)18(15)25/h5-6,11-12,20,23H,2-4,7-10H2,1H3. The van der Waals surface area contributed by atoms with Crippen molar-refractivity contribution in [3.05, 3.63) is 35.5 Å². The predicted molar refractivity (Wildman–Crippen MR) is 99.4 cm³/mol. The normalized spacial score (nSPS) is 17.2. The minimum absolute atomic E-state index is 0.0421. The van der Waals surface area contributed by atoms with E-state index in [2.05, 4.69) is 10.2 Å². The molecule has 3 rings (SSSR count). The molecule has 1 saturated heterocycles. The Kier molecular flexibility index (Phi) is 5.75. The average Bonchev–Trinajstić information content (AvgIpc) is 2.96. The first-order chi connectivity index (χ1) is 13.0. The van der Waals surface area contributed by atoms with Gasteiger partial charge in [-0.05, 0) is 37.5 Å². The molecule has 2 heterocycles. The van der Waals surface area contributed by atoms with Crippen LogP contribution >= 0.6 is 0 Å². The molecule has 2 N–H and O–H groups in total. The Balaban J connectivity index is 1.90. The molecule has 2 aliphatic rings. The van der Waals surface area contributed by atoms with E-state index in [9.17, 15) is 14.4 Å². The Morgan fingerprint density at radius 1 is 1.22 bits per heavy atom. The van der Waals surface area contributed by atoms with Gasteiger partial charge in [0.1, 0.15) is 5.70 Å². The number of amides is 2. The molecule has 0 unspecified atom stereocenters. The zero-order chi connectivity index (χ0) is 19.4. The number of rotatable bonds is 6. The number of anilines is 2. The van der Waals surface area contributed by atoms with Crippen molar-refractivity contribution in [2.24, 2.45) is 0 Å². The highest BCUT2D eigenvalue weighted by Gasteiger charge is 2.31. The molecule has 0 bridgehead atoms. The summed E-state index contributed by atoms with van der Waals surface area (Å²) in [5, 5.41) is 12.1. The molecule has 0 atom stereocenters. The fourth-order valence-electron chi connectivity index (χ4n) is 3.33. The molecule has 0 radical (unpaired) electrons. The monoisotopic (exact) mass is 373 g/mol. The maximum atomic E-state index is 12.4. The van der Waals surface area contributed by atoms with Crippen molar-refractivity contribution in [2.75, 3.05) is 43.6 Å². The van der Waals surface area contributed by atoms with Crippen LogP contribution in [-0.4, -0.2) is 61.1 Å². The van der Waals surface area contributed by atoms with Gasteiger partial charge in [0, 0.05) is 19.2 Å². The molecule has 144 valence electrons. The highest BCUT2D eigenvalue weighted by molar-refractivity contribution is 6.17. The fraction of sp³-hybridized carbons (Fsp3) is 0.421. The lowest BCUT2D eigenvalue weighted by atomic mass is 10.1. The lowest BCUT2D eigenvalue weighted by molar-refractivity contribution is -0.137. The van der Waals surface area contributed by atoms with Crippen LogP contribution in [-0.2, 0) is 14.3 Å². The van der Waals surface area contributed by atoms with E-state index in [1.165, 1.54) is 13.2 Å². The number of nitrogens with one attached hydrogen (secondary N) is 1. The van der Waals surface area contributed by atoms with Crippen molar-refractivity contribution in [1.82, 2.24) is 4.90 Å². The van der Waals surface area contributed by atoms with E-state index in [0.717, 1.165) is 42.9 Å². The Morgan fingerprint density at radius 3 is 2.63 bits per heavy atom. The number of hydrogen-bond donors (Lipinski definition) is 2. The van der Waals surface area contributed by atoms with Gasteiger partial charge in [0.15, 0.2) is 0 Å². The second-order valence-corrected chi connectivity index (χ2v) is 6.47. The van der Waals surface area contributed by atoms with Gasteiger partial charge >= 0.3 is 5.97 Å². The van der Waals surface area contributed by atoms with Crippen LogP contribution in [0.3, 0.4) is 0 Å². The van der Waals surface area contributed by atoms with Crippen LogP contribution in [0, 0.1) is 0 Å². The van der Waals surface area contributed by atoms with Crippen LogP contribution in [0.5, 0.6) is 0 Å². The number of imide groups is 1. The lowest BCUT2D eigenvalue weighted by Gasteiger charge is -2.31. The Hall–Kier alpha value is -2.87. The van der Waals surface area contributed by atoms with E-state index in [0.29, 0.717) is 11.3 Å². The average molecular weight is 373 g/mol. The Morgan fingerprint density at radius 2 is 1.96 bits per heavy atom. The van der Waals surface area contributed by atoms with Crippen molar-refractivity contribution in [2.45, 2.75) is 19.3 Å². The SMILES string of the molecule is COC(=O)c1ccc(NC2=CC(=O)N(CCO)C2=O)c(N2CCCCC2)c1. The summed E-state index contributed by atoms with van der Waals surface area (Å²) >= 11 is 0. The Labute approximate surface area is 157 Å². The number of esters is 1. The number of carbonyl (C=O) groups excluding carboxylic acids is 3. The summed E-state index contributed by atoms with van der Waals surface area (Å²) in [6.45, 7) is 1.37. The number of carbonyl (C=O) groups is 3. The van der Waals surface area contributed by atoms with Crippen molar-refractivity contribution >= 4 is 29.2 Å². The molecule has 1 aromatic rings. The molecule has 8 heteroatoms. The molecule has 0 saturated carbocycles. The van der Waals surface area contributed by atoms with E-state index in [-0.39, 0.29) is 18.8 Å².